The largest absolute Gasteiger partial charge is 0.491 e. The maximum atomic E-state index is 12.7. The van der Waals surface area contributed by atoms with Gasteiger partial charge in [-0.1, -0.05) is 38.1 Å². The van der Waals surface area contributed by atoms with Crippen LogP contribution < -0.4 is 14.4 Å². The number of nitro benzene ring substituents is 1. The van der Waals surface area contributed by atoms with Crippen molar-refractivity contribution in [1.29, 1.82) is 0 Å². The molecule has 0 radical (unpaired) electrons. The van der Waals surface area contributed by atoms with Crippen molar-refractivity contribution in [3.63, 3.8) is 0 Å². The molecule has 0 heterocycles. The molecule has 0 fully saturated rings. The van der Waals surface area contributed by atoms with E-state index in [-0.39, 0.29) is 30.4 Å². The van der Waals surface area contributed by atoms with E-state index in [1.54, 1.807) is 6.92 Å². The molecule has 0 aliphatic rings. The Morgan fingerprint density at radius 1 is 1.19 bits per heavy atom. The van der Waals surface area contributed by atoms with Crippen molar-refractivity contribution >= 4 is 27.3 Å². The van der Waals surface area contributed by atoms with Crippen molar-refractivity contribution in [1.82, 2.24) is 5.32 Å². The first-order valence-corrected chi connectivity index (χ1v) is 12.0. The van der Waals surface area contributed by atoms with Gasteiger partial charge in [-0.2, -0.15) is 0 Å². The summed E-state index contributed by atoms with van der Waals surface area (Å²) in [4.78, 5) is 23.2. The highest BCUT2D eigenvalue weighted by atomic mass is 32.2. The van der Waals surface area contributed by atoms with E-state index in [9.17, 15) is 23.3 Å². The Morgan fingerprint density at radius 2 is 1.84 bits per heavy atom. The van der Waals surface area contributed by atoms with E-state index in [0.29, 0.717) is 5.56 Å². The van der Waals surface area contributed by atoms with Gasteiger partial charge in [-0.15, -0.1) is 0 Å². The fraction of sp³-hybridized carbons (Fsp3) is 0.409. The van der Waals surface area contributed by atoms with Gasteiger partial charge in [0.05, 0.1) is 23.4 Å². The van der Waals surface area contributed by atoms with Gasteiger partial charge in [0.15, 0.2) is 0 Å². The van der Waals surface area contributed by atoms with E-state index in [2.05, 4.69) is 19.2 Å². The quantitative estimate of drug-likeness (QED) is 0.328. The summed E-state index contributed by atoms with van der Waals surface area (Å²) in [5, 5.41) is 13.8. The Labute approximate surface area is 188 Å². The highest BCUT2D eigenvalue weighted by Crippen LogP contribution is 2.29. The van der Waals surface area contributed by atoms with E-state index in [1.165, 1.54) is 19.1 Å². The maximum Gasteiger partial charge on any atom is 0.271 e. The molecule has 0 saturated carbocycles. The van der Waals surface area contributed by atoms with Crippen LogP contribution in [0.1, 0.15) is 37.8 Å². The number of benzene rings is 2. The normalized spacial score (nSPS) is 12.3. The molecule has 32 heavy (non-hydrogen) atoms. The summed E-state index contributed by atoms with van der Waals surface area (Å²) in [5.74, 6) is 0.471. The number of anilines is 1. The number of aryl methyl sites for hydroxylation is 1. The fourth-order valence-corrected chi connectivity index (χ4v) is 4.53. The van der Waals surface area contributed by atoms with Crippen LogP contribution in [0.2, 0.25) is 0 Å². The van der Waals surface area contributed by atoms with E-state index in [0.717, 1.165) is 27.9 Å². The maximum absolute atomic E-state index is 12.7. The van der Waals surface area contributed by atoms with Gasteiger partial charge in [0.1, 0.15) is 18.4 Å². The second kappa shape index (κ2) is 10.4. The first-order chi connectivity index (χ1) is 14.9. The smallest absolute Gasteiger partial charge is 0.271 e. The molecule has 0 aliphatic carbocycles. The lowest BCUT2D eigenvalue weighted by Gasteiger charge is -2.29. The number of carbonyl (C=O) groups is 1. The Morgan fingerprint density at radius 3 is 2.44 bits per heavy atom. The molecule has 0 aliphatic heterocycles. The molecule has 9 nitrogen and oxygen atoms in total. The molecule has 0 saturated heterocycles. The fourth-order valence-electron chi connectivity index (χ4n) is 3.30. The van der Waals surface area contributed by atoms with Crippen molar-refractivity contribution < 1.29 is 22.9 Å². The summed E-state index contributed by atoms with van der Waals surface area (Å²) in [6.45, 7) is 7.55. The SMILES string of the molecule is Cc1ccc([N+](=O)[O-])cc1N([C@@H](C)C(=O)NCCOc1ccccc1C(C)C)S(C)(=O)=O. The topological polar surface area (TPSA) is 119 Å². The molecule has 2 rings (SSSR count). The number of ether oxygens (including phenoxy) is 1. The van der Waals surface area contributed by atoms with Gasteiger partial charge in [0, 0.05) is 12.1 Å². The zero-order valence-electron chi connectivity index (χ0n) is 18.9. The summed E-state index contributed by atoms with van der Waals surface area (Å²) in [6.07, 6.45) is 0.959. The van der Waals surface area contributed by atoms with Crippen LogP contribution in [0.15, 0.2) is 42.5 Å². The number of amides is 1. The molecule has 1 amide bonds. The van der Waals surface area contributed by atoms with E-state index >= 15 is 0 Å². The van der Waals surface area contributed by atoms with Gasteiger partial charge in [-0.05, 0) is 37.0 Å². The van der Waals surface area contributed by atoms with Crippen molar-refractivity contribution in [3.05, 3.63) is 63.7 Å². The third-order valence-electron chi connectivity index (χ3n) is 4.93. The highest BCUT2D eigenvalue weighted by Gasteiger charge is 2.31. The van der Waals surface area contributed by atoms with Crippen LogP contribution in [0, 0.1) is 17.0 Å². The second-order valence-electron chi connectivity index (χ2n) is 7.79. The minimum atomic E-state index is -3.90. The monoisotopic (exact) mass is 463 g/mol. The van der Waals surface area contributed by atoms with E-state index in [4.69, 9.17) is 4.74 Å². The van der Waals surface area contributed by atoms with Crippen LogP contribution in [-0.2, 0) is 14.8 Å². The standard InChI is InChI=1S/C22H29N3O6S/c1-15(2)19-8-6-7-9-21(19)31-13-12-23-22(26)17(4)24(32(5,29)30)20-14-18(25(27)28)11-10-16(20)3/h6-11,14-15,17H,12-13H2,1-5H3,(H,23,26)/t17-/m0/s1. The number of para-hydroxylation sites is 1. The zero-order chi connectivity index (χ0) is 24.1. The summed E-state index contributed by atoms with van der Waals surface area (Å²) in [5.41, 5.74) is 1.38. The molecule has 174 valence electrons. The molecule has 0 bridgehead atoms. The van der Waals surface area contributed by atoms with Crippen molar-refractivity contribution in [3.8, 4) is 5.75 Å². The predicted molar refractivity (Wildman–Crippen MR) is 124 cm³/mol. The van der Waals surface area contributed by atoms with Gasteiger partial charge < -0.3 is 10.1 Å². The van der Waals surface area contributed by atoms with Gasteiger partial charge in [-0.3, -0.25) is 19.2 Å². The second-order valence-corrected chi connectivity index (χ2v) is 9.65. The molecule has 10 heteroatoms. The number of sulfonamides is 1. The number of nitrogens with zero attached hydrogens (tertiary/aromatic N) is 2. The Balaban J connectivity index is 2.12. The van der Waals surface area contributed by atoms with Crippen molar-refractivity contribution in [2.45, 2.75) is 39.7 Å². The minimum Gasteiger partial charge on any atom is -0.491 e. The number of non-ortho nitro benzene ring substituents is 1. The third kappa shape index (κ3) is 6.19. The van der Waals surface area contributed by atoms with Crippen molar-refractivity contribution in [2.75, 3.05) is 23.7 Å². The van der Waals surface area contributed by atoms with Crippen LogP contribution in [0.4, 0.5) is 11.4 Å². The molecule has 0 spiro atoms. The average Bonchev–Trinajstić information content (AvgIpc) is 2.71. The number of carbonyl (C=O) groups excluding carboxylic acids is 1. The van der Waals surface area contributed by atoms with E-state index < -0.39 is 26.9 Å². The lowest BCUT2D eigenvalue weighted by Crippen LogP contribution is -2.48. The molecule has 1 atom stereocenters. The van der Waals surface area contributed by atoms with Gasteiger partial charge in [0.2, 0.25) is 15.9 Å². The van der Waals surface area contributed by atoms with Crippen LogP contribution >= 0.6 is 0 Å². The van der Waals surface area contributed by atoms with Gasteiger partial charge >= 0.3 is 0 Å². The zero-order valence-corrected chi connectivity index (χ0v) is 19.7. The molecular formula is C22H29N3O6S. The third-order valence-corrected chi connectivity index (χ3v) is 6.16. The number of nitro groups is 1. The highest BCUT2D eigenvalue weighted by molar-refractivity contribution is 7.92. The predicted octanol–water partition coefficient (Wildman–Crippen LogP) is 3.38. The number of hydrogen-bond donors (Lipinski definition) is 1. The van der Waals surface area contributed by atoms with Crippen LogP contribution in [0.3, 0.4) is 0 Å². The molecule has 1 N–H and O–H groups in total. The lowest BCUT2D eigenvalue weighted by atomic mass is 10.0. The summed E-state index contributed by atoms with van der Waals surface area (Å²) in [6, 6.07) is 10.4. The molecule has 2 aromatic rings. The first kappa shape index (κ1) is 25.1. The Hall–Kier alpha value is -3.14. The Bertz CT molecular complexity index is 1080. The number of hydrogen-bond acceptors (Lipinski definition) is 6. The lowest BCUT2D eigenvalue weighted by molar-refractivity contribution is -0.384. The molecule has 0 unspecified atom stereocenters. The van der Waals surface area contributed by atoms with Gasteiger partial charge in [-0.25, -0.2) is 8.42 Å². The van der Waals surface area contributed by atoms with Crippen molar-refractivity contribution in [2.24, 2.45) is 0 Å². The molecular weight excluding hydrogens is 434 g/mol. The van der Waals surface area contributed by atoms with Gasteiger partial charge in [0.25, 0.3) is 5.69 Å². The molecule has 0 aromatic heterocycles. The minimum absolute atomic E-state index is 0.0893. The summed E-state index contributed by atoms with van der Waals surface area (Å²) < 4.78 is 31.6. The summed E-state index contributed by atoms with van der Waals surface area (Å²) >= 11 is 0. The average molecular weight is 464 g/mol. The van der Waals surface area contributed by atoms with E-state index in [1.807, 2.05) is 24.3 Å². The van der Waals surface area contributed by atoms with Crippen LogP contribution in [0.25, 0.3) is 0 Å². The number of rotatable bonds is 10. The van der Waals surface area contributed by atoms with Crippen LogP contribution in [0.5, 0.6) is 5.75 Å². The summed E-state index contributed by atoms with van der Waals surface area (Å²) in [7, 11) is -3.90. The Kier molecular flexibility index (Phi) is 8.20. The molecule has 2 aromatic carbocycles. The number of nitrogens with one attached hydrogen (secondary N) is 1. The first-order valence-electron chi connectivity index (χ1n) is 10.2. The van der Waals surface area contributed by atoms with Crippen LogP contribution in [-0.4, -0.2) is 44.7 Å².